The molecule has 2 unspecified atom stereocenters. The first kappa shape index (κ1) is 15.6. The summed E-state index contributed by atoms with van der Waals surface area (Å²) in [6.07, 6.45) is 8.37. The molecular formula is C17H30N2O. The minimum absolute atomic E-state index is 0.230. The van der Waals surface area contributed by atoms with Crippen molar-refractivity contribution in [2.45, 2.75) is 78.4 Å². The summed E-state index contributed by atoms with van der Waals surface area (Å²) < 4.78 is 2.02. The number of nitrogens with zero attached hydrogens (tertiary/aromatic N) is 2. The molecule has 1 aromatic heterocycles. The first-order chi connectivity index (χ1) is 9.41. The minimum Gasteiger partial charge on any atom is -0.392 e. The number of aliphatic hydroxyl groups excluding tert-OH is 1. The van der Waals surface area contributed by atoms with Crippen LogP contribution in [0.2, 0.25) is 0 Å². The van der Waals surface area contributed by atoms with Gasteiger partial charge in [0.05, 0.1) is 11.8 Å². The number of aromatic nitrogens is 2. The van der Waals surface area contributed by atoms with Crippen LogP contribution in [-0.4, -0.2) is 21.0 Å². The van der Waals surface area contributed by atoms with Crippen molar-refractivity contribution in [3.8, 4) is 0 Å². The van der Waals surface area contributed by atoms with E-state index in [1.54, 1.807) is 0 Å². The zero-order valence-electron chi connectivity index (χ0n) is 13.5. The van der Waals surface area contributed by atoms with E-state index in [1.807, 2.05) is 10.9 Å². The summed E-state index contributed by atoms with van der Waals surface area (Å²) in [5.74, 6) is 0.455. The molecule has 2 atom stereocenters. The van der Waals surface area contributed by atoms with Gasteiger partial charge in [-0.2, -0.15) is 5.10 Å². The molecule has 0 spiro atoms. The molecule has 1 aliphatic carbocycles. The first-order valence-electron chi connectivity index (χ1n) is 8.13. The van der Waals surface area contributed by atoms with Crippen LogP contribution in [0.15, 0.2) is 12.3 Å². The molecule has 1 saturated carbocycles. The molecule has 1 fully saturated rings. The van der Waals surface area contributed by atoms with E-state index in [4.69, 9.17) is 0 Å². The lowest BCUT2D eigenvalue weighted by Gasteiger charge is -2.36. The van der Waals surface area contributed by atoms with Gasteiger partial charge in [0, 0.05) is 18.7 Å². The second-order valence-corrected chi connectivity index (χ2v) is 7.32. The Morgan fingerprint density at radius 1 is 1.40 bits per heavy atom. The molecule has 1 aliphatic rings. The SMILES string of the molecule is CCC(C)n1ccc(CC(O)C2CCC(C)(C)CC2)n1. The lowest BCUT2D eigenvalue weighted by atomic mass is 9.71. The van der Waals surface area contributed by atoms with Crippen LogP contribution in [0.3, 0.4) is 0 Å². The van der Waals surface area contributed by atoms with Gasteiger partial charge in [-0.15, -0.1) is 0 Å². The van der Waals surface area contributed by atoms with E-state index in [9.17, 15) is 5.11 Å². The minimum atomic E-state index is -0.230. The number of rotatable bonds is 5. The average Bonchev–Trinajstić information content (AvgIpc) is 2.86. The van der Waals surface area contributed by atoms with Gasteiger partial charge in [0.15, 0.2) is 0 Å². The van der Waals surface area contributed by atoms with E-state index in [2.05, 4.69) is 38.9 Å². The Bertz CT molecular complexity index is 414. The van der Waals surface area contributed by atoms with Crippen LogP contribution in [0.4, 0.5) is 0 Å². The van der Waals surface area contributed by atoms with E-state index in [0.29, 0.717) is 23.8 Å². The highest BCUT2D eigenvalue weighted by Gasteiger charge is 2.30. The van der Waals surface area contributed by atoms with E-state index in [1.165, 1.54) is 12.8 Å². The molecule has 0 aromatic carbocycles. The highest BCUT2D eigenvalue weighted by molar-refractivity contribution is 5.02. The second-order valence-electron chi connectivity index (χ2n) is 7.32. The van der Waals surface area contributed by atoms with Crippen molar-refractivity contribution in [2.24, 2.45) is 11.3 Å². The average molecular weight is 278 g/mol. The zero-order chi connectivity index (χ0) is 14.8. The molecule has 2 rings (SSSR count). The molecular weight excluding hydrogens is 248 g/mol. The predicted molar refractivity (Wildman–Crippen MR) is 82.7 cm³/mol. The molecule has 0 bridgehead atoms. The molecule has 3 heteroatoms. The smallest absolute Gasteiger partial charge is 0.0650 e. The summed E-state index contributed by atoms with van der Waals surface area (Å²) in [7, 11) is 0. The van der Waals surface area contributed by atoms with Crippen molar-refractivity contribution >= 4 is 0 Å². The summed E-state index contributed by atoms with van der Waals surface area (Å²) in [6.45, 7) is 9.02. The fraction of sp³-hybridized carbons (Fsp3) is 0.824. The zero-order valence-corrected chi connectivity index (χ0v) is 13.5. The monoisotopic (exact) mass is 278 g/mol. The van der Waals surface area contributed by atoms with Gasteiger partial charge in [-0.05, 0) is 56.4 Å². The van der Waals surface area contributed by atoms with Crippen LogP contribution in [-0.2, 0) is 6.42 Å². The van der Waals surface area contributed by atoms with Crippen LogP contribution in [0, 0.1) is 11.3 Å². The van der Waals surface area contributed by atoms with Crippen molar-refractivity contribution in [1.29, 1.82) is 0 Å². The summed E-state index contributed by atoms with van der Waals surface area (Å²) in [5.41, 5.74) is 1.50. The van der Waals surface area contributed by atoms with Gasteiger partial charge in [0.1, 0.15) is 0 Å². The lowest BCUT2D eigenvalue weighted by molar-refractivity contribution is 0.0569. The molecule has 1 N–H and O–H groups in total. The quantitative estimate of drug-likeness (QED) is 0.885. The summed E-state index contributed by atoms with van der Waals surface area (Å²) in [5, 5.41) is 15.1. The van der Waals surface area contributed by atoms with Crippen molar-refractivity contribution in [3.63, 3.8) is 0 Å². The maximum absolute atomic E-state index is 10.5. The molecule has 0 aliphatic heterocycles. The Morgan fingerprint density at radius 2 is 2.05 bits per heavy atom. The Balaban J connectivity index is 1.88. The van der Waals surface area contributed by atoms with Gasteiger partial charge in [-0.25, -0.2) is 0 Å². The molecule has 0 amide bonds. The van der Waals surface area contributed by atoms with E-state index in [0.717, 1.165) is 25.0 Å². The molecule has 1 aromatic rings. The van der Waals surface area contributed by atoms with Crippen molar-refractivity contribution < 1.29 is 5.11 Å². The van der Waals surface area contributed by atoms with Gasteiger partial charge in [-0.3, -0.25) is 4.68 Å². The lowest BCUT2D eigenvalue weighted by Crippen LogP contribution is -2.30. The molecule has 3 nitrogen and oxygen atoms in total. The predicted octanol–water partition coefficient (Wildman–Crippen LogP) is 3.97. The third-order valence-electron chi connectivity index (χ3n) is 5.05. The summed E-state index contributed by atoms with van der Waals surface area (Å²) >= 11 is 0. The summed E-state index contributed by atoms with van der Waals surface area (Å²) in [4.78, 5) is 0. The fourth-order valence-corrected chi connectivity index (χ4v) is 3.11. The Labute approximate surface area is 123 Å². The highest BCUT2D eigenvalue weighted by Crippen LogP contribution is 2.39. The fourth-order valence-electron chi connectivity index (χ4n) is 3.11. The van der Waals surface area contributed by atoms with Crippen molar-refractivity contribution in [2.75, 3.05) is 0 Å². The molecule has 0 saturated heterocycles. The number of hydrogen-bond acceptors (Lipinski definition) is 2. The third-order valence-corrected chi connectivity index (χ3v) is 5.05. The van der Waals surface area contributed by atoms with E-state index < -0.39 is 0 Å². The third kappa shape index (κ3) is 3.85. The van der Waals surface area contributed by atoms with Crippen molar-refractivity contribution in [1.82, 2.24) is 9.78 Å². The van der Waals surface area contributed by atoms with Gasteiger partial charge in [0.2, 0.25) is 0 Å². The summed E-state index contributed by atoms with van der Waals surface area (Å²) in [6, 6.07) is 2.50. The molecule has 20 heavy (non-hydrogen) atoms. The second kappa shape index (κ2) is 6.30. The van der Waals surface area contributed by atoms with Crippen LogP contribution >= 0.6 is 0 Å². The largest absolute Gasteiger partial charge is 0.392 e. The number of aliphatic hydroxyl groups is 1. The van der Waals surface area contributed by atoms with Crippen LogP contribution in [0.25, 0.3) is 0 Å². The standard InChI is InChI=1S/C17H30N2O/c1-5-13(2)19-11-8-15(18-19)12-16(20)14-6-9-17(3,4)10-7-14/h8,11,13-14,16,20H,5-7,9-10,12H2,1-4H3. The maximum atomic E-state index is 10.5. The Morgan fingerprint density at radius 3 is 2.65 bits per heavy atom. The molecule has 1 heterocycles. The van der Waals surface area contributed by atoms with Crippen molar-refractivity contribution in [3.05, 3.63) is 18.0 Å². The van der Waals surface area contributed by atoms with E-state index in [-0.39, 0.29) is 6.10 Å². The van der Waals surface area contributed by atoms with Crippen LogP contribution in [0.1, 0.15) is 71.5 Å². The maximum Gasteiger partial charge on any atom is 0.0650 e. The van der Waals surface area contributed by atoms with Gasteiger partial charge < -0.3 is 5.11 Å². The molecule has 114 valence electrons. The van der Waals surface area contributed by atoms with Crippen LogP contribution in [0.5, 0.6) is 0 Å². The van der Waals surface area contributed by atoms with E-state index >= 15 is 0 Å². The number of hydrogen-bond donors (Lipinski definition) is 1. The van der Waals surface area contributed by atoms with Gasteiger partial charge in [0.25, 0.3) is 0 Å². The van der Waals surface area contributed by atoms with Gasteiger partial charge in [-0.1, -0.05) is 20.8 Å². The first-order valence-corrected chi connectivity index (χ1v) is 8.13. The Kier molecular flexibility index (Phi) is 4.90. The Hall–Kier alpha value is -0.830. The normalized spacial score (nSPS) is 22.6. The highest BCUT2D eigenvalue weighted by atomic mass is 16.3. The van der Waals surface area contributed by atoms with Gasteiger partial charge >= 0.3 is 0 Å². The topological polar surface area (TPSA) is 38.0 Å². The van der Waals surface area contributed by atoms with Crippen LogP contribution < -0.4 is 0 Å². The molecule has 0 radical (unpaired) electrons.